The van der Waals surface area contributed by atoms with Crippen LogP contribution in [-0.4, -0.2) is 60.8 Å². The fourth-order valence-corrected chi connectivity index (χ4v) is 6.41. The molecule has 0 aromatic heterocycles. The summed E-state index contributed by atoms with van der Waals surface area (Å²) in [4.78, 5) is 37.0. The third-order valence-electron chi connectivity index (χ3n) is 8.75. The molecule has 0 fully saturated rings. The Kier molecular flexibility index (Phi) is 34.6. The van der Waals surface area contributed by atoms with Gasteiger partial charge in [-0.1, -0.05) is 168 Å². The lowest BCUT2D eigenvalue weighted by atomic mass is 10.0. The van der Waals surface area contributed by atoms with E-state index in [9.17, 15) is 24.2 Å². The third kappa shape index (κ3) is 35.2. The molecule has 0 saturated heterocycles. The van der Waals surface area contributed by atoms with Crippen molar-refractivity contribution in [3.05, 3.63) is 0 Å². The number of ether oxygens (including phenoxy) is 2. The average molecular weight is 722 g/mol. The highest BCUT2D eigenvalue weighted by Gasteiger charge is 2.21. The third-order valence-corrected chi connectivity index (χ3v) is 9.68. The summed E-state index contributed by atoms with van der Waals surface area (Å²) in [6, 6.07) is 0. The molecule has 10 nitrogen and oxygen atoms in total. The lowest BCUT2D eigenvalue weighted by Crippen LogP contribution is -2.30. The summed E-state index contributed by atoms with van der Waals surface area (Å²) in [5.41, 5.74) is 0. The lowest BCUT2D eigenvalue weighted by Gasteiger charge is -2.26. The molecular weight excluding hydrogens is 647 g/mol. The van der Waals surface area contributed by atoms with Gasteiger partial charge in [0.05, 0.1) is 19.8 Å². The molecule has 0 aliphatic rings. The van der Waals surface area contributed by atoms with Gasteiger partial charge >= 0.3 is 11.9 Å². The van der Waals surface area contributed by atoms with Crippen molar-refractivity contribution in [1.82, 2.24) is 0 Å². The van der Waals surface area contributed by atoms with Gasteiger partial charge in [-0.2, -0.15) is 0 Å². The number of rotatable bonds is 38. The van der Waals surface area contributed by atoms with Crippen LogP contribution in [0.3, 0.4) is 0 Å². The molecule has 49 heavy (non-hydrogen) atoms. The van der Waals surface area contributed by atoms with Crippen molar-refractivity contribution in [2.45, 2.75) is 206 Å². The Hall–Kier alpha value is -1.03. The SMILES string of the molecule is CCCCCCCCCCCCCCCC(=O)OC[C@H](COP(=O)([O-])OCC(O)CO)OC(=O)CCCCCCCCCCCCCCC. The van der Waals surface area contributed by atoms with Crippen molar-refractivity contribution >= 4 is 19.8 Å². The second-order valence-electron chi connectivity index (χ2n) is 13.7. The number of carbonyl (C=O) groups is 2. The smallest absolute Gasteiger partial charge is 0.306 e. The first-order chi connectivity index (χ1) is 23.7. The van der Waals surface area contributed by atoms with Gasteiger partial charge in [0.15, 0.2) is 6.10 Å². The van der Waals surface area contributed by atoms with Gasteiger partial charge in [-0.25, -0.2) is 0 Å². The van der Waals surface area contributed by atoms with Crippen LogP contribution in [0.1, 0.15) is 194 Å². The standard InChI is InChI=1S/C38H75O10P/c1-3-5-7-9-11-13-15-17-19-21-23-25-27-29-37(41)45-33-36(34-47-49(43,44)46-32-35(40)31-39)48-38(42)30-28-26-24-22-20-18-16-14-12-10-8-6-4-2/h35-36,39-40H,3-34H2,1-2H3,(H,43,44)/p-1/t35?,36-/m1/s1. The number of aliphatic hydroxyl groups excluding tert-OH is 2. The van der Waals surface area contributed by atoms with Crippen molar-refractivity contribution in [2.75, 3.05) is 26.4 Å². The Morgan fingerprint density at radius 3 is 1.29 bits per heavy atom. The summed E-state index contributed by atoms with van der Waals surface area (Å²) < 4.78 is 32.2. The van der Waals surface area contributed by atoms with E-state index in [0.717, 1.165) is 38.5 Å². The molecular formula is C38H74O10P-. The molecule has 0 aliphatic heterocycles. The molecule has 2 N–H and O–H groups in total. The number of carbonyl (C=O) groups excluding carboxylic acids is 2. The molecule has 0 bridgehead atoms. The molecule has 2 unspecified atom stereocenters. The molecule has 292 valence electrons. The maximum atomic E-state index is 12.5. The van der Waals surface area contributed by atoms with E-state index in [-0.39, 0.29) is 19.4 Å². The molecule has 0 saturated carbocycles. The van der Waals surface area contributed by atoms with Gasteiger partial charge in [-0.05, 0) is 12.8 Å². The van der Waals surface area contributed by atoms with Crippen LogP contribution in [0.15, 0.2) is 0 Å². The fraction of sp³-hybridized carbons (Fsp3) is 0.947. The zero-order valence-electron chi connectivity index (χ0n) is 31.4. The summed E-state index contributed by atoms with van der Waals surface area (Å²) in [5.74, 6) is -0.949. The minimum atomic E-state index is -4.85. The van der Waals surface area contributed by atoms with Crippen LogP contribution in [0.25, 0.3) is 0 Å². The molecule has 11 heteroatoms. The zero-order valence-corrected chi connectivity index (χ0v) is 32.3. The van der Waals surface area contributed by atoms with Crippen LogP contribution in [0.4, 0.5) is 0 Å². The van der Waals surface area contributed by atoms with Crippen molar-refractivity contribution in [3.8, 4) is 0 Å². The van der Waals surface area contributed by atoms with E-state index < -0.39 is 51.8 Å². The van der Waals surface area contributed by atoms with E-state index in [1.54, 1.807) is 0 Å². The van der Waals surface area contributed by atoms with Gasteiger partial charge in [-0.3, -0.25) is 14.2 Å². The minimum Gasteiger partial charge on any atom is -0.756 e. The second-order valence-corrected chi connectivity index (χ2v) is 15.1. The Balaban J connectivity index is 4.31. The number of phosphoric acid groups is 1. The molecule has 0 aromatic rings. The number of unbranched alkanes of at least 4 members (excludes halogenated alkanes) is 24. The van der Waals surface area contributed by atoms with Crippen molar-refractivity contribution in [3.63, 3.8) is 0 Å². The van der Waals surface area contributed by atoms with E-state index in [0.29, 0.717) is 12.8 Å². The average Bonchev–Trinajstić information content (AvgIpc) is 3.09. The summed E-state index contributed by atoms with van der Waals surface area (Å²) in [5, 5.41) is 18.2. The molecule has 0 aliphatic carbocycles. The van der Waals surface area contributed by atoms with Gasteiger partial charge in [0, 0.05) is 12.8 Å². The Morgan fingerprint density at radius 1 is 0.551 bits per heavy atom. The van der Waals surface area contributed by atoms with Crippen LogP contribution >= 0.6 is 7.82 Å². The van der Waals surface area contributed by atoms with Crippen LogP contribution in [0, 0.1) is 0 Å². The summed E-state index contributed by atoms with van der Waals surface area (Å²) in [6.45, 7) is 2.21. The summed E-state index contributed by atoms with van der Waals surface area (Å²) in [6.07, 6.45) is 29.0. The molecule has 0 aromatic carbocycles. The highest BCUT2D eigenvalue weighted by atomic mass is 31.2. The van der Waals surface area contributed by atoms with Crippen molar-refractivity contribution in [1.29, 1.82) is 0 Å². The summed E-state index contributed by atoms with van der Waals surface area (Å²) in [7, 11) is -4.85. The van der Waals surface area contributed by atoms with Crippen LogP contribution in [0.5, 0.6) is 0 Å². The van der Waals surface area contributed by atoms with Gasteiger partial charge < -0.3 is 33.6 Å². The number of hydrogen-bond acceptors (Lipinski definition) is 10. The van der Waals surface area contributed by atoms with E-state index >= 15 is 0 Å². The topological polar surface area (TPSA) is 152 Å². The Bertz CT molecular complexity index is 796. The molecule has 0 amide bonds. The fourth-order valence-electron chi connectivity index (χ4n) is 5.63. The minimum absolute atomic E-state index is 0.176. The number of hydrogen-bond donors (Lipinski definition) is 2. The van der Waals surface area contributed by atoms with E-state index in [1.807, 2.05) is 0 Å². The van der Waals surface area contributed by atoms with Gasteiger partial charge in [0.1, 0.15) is 12.7 Å². The van der Waals surface area contributed by atoms with E-state index in [4.69, 9.17) is 19.1 Å². The van der Waals surface area contributed by atoms with Gasteiger partial charge in [0.2, 0.25) is 0 Å². The maximum Gasteiger partial charge on any atom is 0.306 e. The first kappa shape index (κ1) is 48.0. The zero-order chi connectivity index (χ0) is 36.3. The predicted octanol–water partition coefficient (Wildman–Crippen LogP) is 9.26. The van der Waals surface area contributed by atoms with E-state index in [1.165, 1.54) is 116 Å². The Labute approximate surface area is 299 Å². The van der Waals surface area contributed by atoms with Crippen LogP contribution < -0.4 is 4.89 Å². The Morgan fingerprint density at radius 2 is 0.898 bits per heavy atom. The second kappa shape index (κ2) is 35.4. The highest BCUT2D eigenvalue weighted by Crippen LogP contribution is 2.38. The monoisotopic (exact) mass is 722 g/mol. The van der Waals surface area contributed by atoms with Crippen LogP contribution in [-0.2, 0) is 32.7 Å². The normalized spacial score (nSPS) is 14.0. The maximum absolute atomic E-state index is 12.5. The highest BCUT2D eigenvalue weighted by molar-refractivity contribution is 7.45. The molecule has 3 atom stereocenters. The van der Waals surface area contributed by atoms with Gasteiger partial charge in [0.25, 0.3) is 7.82 Å². The number of esters is 2. The predicted molar refractivity (Wildman–Crippen MR) is 194 cm³/mol. The van der Waals surface area contributed by atoms with Crippen LogP contribution in [0.2, 0.25) is 0 Å². The number of aliphatic hydroxyl groups is 2. The molecule has 0 radical (unpaired) electrons. The van der Waals surface area contributed by atoms with Crippen molar-refractivity contribution < 1.29 is 47.8 Å². The molecule has 0 rings (SSSR count). The van der Waals surface area contributed by atoms with E-state index in [2.05, 4.69) is 18.4 Å². The van der Waals surface area contributed by atoms with Crippen molar-refractivity contribution in [2.24, 2.45) is 0 Å². The quantitative estimate of drug-likeness (QED) is 0.0359. The van der Waals surface area contributed by atoms with Gasteiger partial charge in [-0.15, -0.1) is 0 Å². The molecule has 0 spiro atoms. The number of phosphoric ester groups is 1. The first-order valence-corrected chi connectivity index (χ1v) is 21.4. The first-order valence-electron chi connectivity index (χ1n) is 20.0. The summed E-state index contributed by atoms with van der Waals surface area (Å²) >= 11 is 0. The lowest BCUT2D eigenvalue weighted by molar-refractivity contribution is -0.230. The molecule has 0 heterocycles. The largest absolute Gasteiger partial charge is 0.756 e.